The Morgan fingerprint density at radius 1 is 1.44 bits per heavy atom. The summed E-state index contributed by atoms with van der Waals surface area (Å²) in [5.41, 5.74) is -0.488. The third-order valence-electron chi connectivity index (χ3n) is 3.42. The van der Waals surface area contributed by atoms with E-state index in [1.165, 1.54) is 0 Å². The summed E-state index contributed by atoms with van der Waals surface area (Å²) in [6.45, 7) is 5.96. The Hall–Kier alpha value is -0.810. The molecule has 1 heterocycles. The SMILES string of the molecule is CC(C)(C)OC(=O)N1C[C@@H](CO)O[C@H]2CCC[C@H]21. The van der Waals surface area contributed by atoms with Crippen LogP contribution in [0.25, 0.3) is 0 Å². The second kappa shape index (κ2) is 5.05. The number of nitrogens with zero attached hydrogens (tertiary/aromatic N) is 1. The molecule has 1 aliphatic heterocycles. The smallest absolute Gasteiger partial charge is 0.410 e. The van der Waals surface area contributed by atoms with Gasteiger partial charge < -0.3 is 14.6 Å². The molecule has 0 aromatic rings. The minimum absolute atomic E-state index is 0.0531. The first-order chi connectivity index (χ1) is 8.40. The molecule has 1 aliphatic carbocycles. The van der Waals surface area contributed by atoms with Crippen LogP contribution in [0, 0.1) is 0 Å². The number of ether oxygens (including phenoxy) is 2. The van der Waals surface area contributed by atoms with Crippen molar-refractivity contribution in [3.63, 3.8) is 0 Å². The molecule has 0 radical (unpaired) electrons. The van der Waals surface area contributed by atoms with E-state index < -0.39 is 5.60 Å². The van der Waals surface area contributed by atoms with E-state index in [0.717, 1.165) is 19.3 Å². The Bertz CT molecular complexity index is 313. The number of amides is 1. The summed E-state index contributed by atoms with van der Waals surface area (Å²) >= 11 is 0. The Balaban J connectivity index is 2.06. The fraction of sp³-hybridized carbons (Fsp3) is 0.923. The van der Waals surface area contributed by atoms with E-state index >= 15 is 0 Å². The molecule has 1 amide bonds. The molecule has 1 N–H and O–H groups in total. The predicted octanol–water partition coefficient (Wildman–Crippen LogP) is 1.54. The fourth-order valence-electron chi connectivity index (χ4n) is 2.70. The number of hydrogen-bond acceptors (Lipinski definition) is 4. The van der Waals surface area contributed by atoms with Gasteiger partial charge in [-0.25, -0.2) is 4.79 Å². The van der Waals surface area contributed by atoms with Gasteiger partial charge in [-0.05, 0) is 40.0 Å². The van der Waals surface area contributed by atoms with Gasteiger partial charge in [-0.15, -0.1) is 0 Å². The van der Waals surface area contributed by atoms with Crippen molar-refractivity contribution in [2.75, 3.05) is 13.2 Å². The zero-order chi connectivity index (χ0) is 13.3. The van der Waals surface area contributed by atoms with Gasteiger partial charge in [0.1, 0.15) is 5.60 Å². The van der Waals surface area contributed by atoms with Gasteiger partial charge in [0.05, 0.1) is 31.4 Å². The molecule has 18 heavy (non-hydrogen) atoms. The quantitative estimate of drug-likeness (QED) is 0.774. The summed E-state index contributed by atoms with van der Waals surface area (Å²) in [5, 5.41) is 9.24. The molecule has 0 spiro atoms. The van der Waals surface area contributed by atoms with Gasteiger partial charge in [-0.3, -0.25) is 4.90 Å². The van der Waals surface area contributed by atoms with E-state index in [-0.39, 0.29) is 30.9 Å². The number of carbonyl (C=O) groups is 1. The van der Waals surface area contributed by atoms with Crippen LogP contribution in [0.4, 0.5) is 4.79 Å². The molecular weight excluding hydrogens is 234 g/mol. The van der Waals surface area contributed by atoms with Gasteiger partial charge in [-0.2, -0.15) is 0 Å². The van der Waals surface area contributed by atoms with Gasteiger partial charge in [0, 0.05) is 0 Å². The number of rotatable bonds is 1. The van der Waals surface area contributed by atoms with Gasteiger partial charge in [0.25, 0.3) is 0 Å². The topological polar surface area (TPSA) is 59.0 Å². The molecule has 2 fully saturated rings. The van der Waals surface area contributed by atoms with Gasteiger partial charge in [0.15, 0.2) is 0 Å². The van der Waals surface area contributed by atoms with E-state index in [4.69, 9.17) is 9.47 Å². The zero-order valence-corrected chi connectivity index (χ0v) is 11.4. The van der Waals surface area contributed by atoms with Crippen molar-refractivity contribution in [3.8, 4) is 0 Å². The minimum atomic E-state index is -0.488. The molecule has 0 unspecified atom stereocenters. The molecule has 1 saturated carbocycles. The number of morpholine rings is 1. The van der Waals surface area contributed by atoms with Crippen LogP contribution >= 0.6 is 0 Å². The van der Waals surface area contributed by atoms with Crippen molar-refractivity contribution in [1.29, 1.82) is 0 Å². The molecule has 104 valence electrons. The average Bonchev–Trinajstić information content (AvgIpc) is 2.72. The lowest BCUT2D eigenvalue weighted by Gasteiger charge is -2.41. The number of hydrogen-bond donors (Lipinski definition) is 1. The Morgan fingerprint density at radius 2 is 2.17 bits per heavy atom. The van der Waals surface area contributed by atoms with Crippen LogP contribution in [-0.4, -0.2) is 53.1 Å². The monoisotopic (exact) mass is 257 g/mol. The molecule has 3 atom stereocenters. The standard InChI is InChI=1S/C13H23NO4/c1-13(2,3)18-12(16)14-7-9(8-15)17-11-6-4-5-10(11)14/h9-11,15H,4-8H2,1-3H3/t9-,10+,11-/m0/s1. The van der Waals surface area contributed by atoms with Crippen LogP contribution in [-0.2, 0) is 9.47 Å². The molecule has 5 nitrogen and oxygen atoms in total. The van der Waals surface area contributed by atoms with Crippen LogP contribution in [0.3, 0.4) is 0 Å². The lowest BCUT2D eigenvalue weighted by Crippen LogP contribution is -2.56. The van der Waals surface area contributed by atoms with Crippen LogP contribution in [0.1, 0.15) is 40.0 Å². The Labute approximate surface area is 108 Å². The number of carbonyl (C=O) groups excluding carboxylic acids is 1. The first-order valence-electron chi connectivity index (χ1n) is 6.66. The molecule has 2 rings (SSSR count). The van der Waals surface area contributed by atoms with Crippen LogP contribution in [0.2, 0.25) is 0 Å². The number of fused-ring (bicyclic) bond motifs is 1. The van der Waals surface area contributed by atoms with Crippen molar-refractivity contribution in [1.82, 2.24) is 4.90 Å². The zero-order valence-electron chi connectivity index (χ0n) is 11.4. The molecule has 0 aromatic carbocycles. The van der Waals surface area contributed by atoms with Crippen LogP contribution in [0.15, 0.2) is 0 Å². The van der Waals surface area contributed by atoms with E-state index in [9.17, 15) is 9.90 Å². The molecule has 2 aliphatic rings. The minimum Gasteiger partial charge on any atom is -0.444 e. The highest BCUT2D eigenvalue weighted by Gasteiger charge is 2.43. The molecular formula is C13H23NO4. The molecule has 0 aromatic heterocycles. The largest absolute Gasteiger partial charge is 0.444 e. The maximum Gasteiger partial charge on any atom is 0.410 e. The van der Waals surface area contributed by atoms with E-state index in [1.54, 1.807) is 4.90 Å². The number of aliphatic hydroxyl groups excluding tert-OH is 1. The fourth-order valence-corrected chi connectivity index (χ4v) is 2.70. The normalized spacial score (nSPS) is 32.2. The summed E-state index contributed by atoms with van der Waals surface area (Å²) in [6.07, 6.45) is 2.47. The van der Waals surface area contributed by atoms with Gasteiger partial charge in [0.2, 0.25) is 0 Å². The number of aliphatic hydroxyl groups is 1. The highest BCUT2D eigenvalue weighted by Crippen LogP contribution is 2.32. The van der Waals surface area contributed by atoms with Crippen molar-refractivity contribution >= 4 is 6.09 Å². The first-order valence-corrected chi connectivity index (χ1v) is 6.66. The second-order valence-electron chi connectivity index (χ2n) is 6.11. The maximum atomic E-state index is 12.2. The third kappa shape index (κ3) is 2.95. The maximum absolute atomic E-state index is 12.2. The van der Waals surface area contributed by atoms with Gasteiger partial charge in [-0.1, -0.05) is 0 Å². The summed E-state index contributed by atoms with van der Waals surface area (Å²) in [4.78, 5) is 13.9. The van der Waals surface area contributed by atoms with Crippen LogP contribution in [0.5, 0.6) is 0 Å². The van der Waals surface area contributed by atoms with Gasteiger partial charge >= 0.3 is 6.09 Å². The lowest BCUT2D eigenvalue weighted by atomic mass is 10.1. The highest BCUT2D eigenvalue weighted by molar-refractivity contribution is 5.69. The van der Waals surface area contributed by atoms with E-state index in [2.05, 4.69) is 0 Å². The highest BCUT2D eigenvalue weighted by atomic mass is 16.6. The van der Waals surface area contributed by atoms with Crippen molar-refractivity contribution < 1.29 is 19.4 Å². The summed E-state index contributed by atoms with van der Waals surface area (Å²) in [5.74, 6) is 0. The van der Waals surface area contributed by atoms with Crippen molar-refractivity contribution in [3.05, 3.63) is 0 Å². The molecule has 5 heteroatoms. The van der Waals surface area contributed by atoms with E-state index in [1.807, 2.05) is 20.8 Å². The van der Waals surface area contributed by atoms with Crippen LogP contribution < -0.4 is 0 Å². The summed E-state index contributed by atoms with van der Waals surface area (Å²) in [7, 11) is 0. The Morgan fingerprint density at radius 3 is 2.78 bits per heavy atom. The predicted molar refractivity (Wildman–Crippen MR) is 66.3 cm³/mol. The molecule has 0 bridgehead atoms. The summed E-state index contributed by atoms with van der Waals surface area (Å²) in [6, 6.07) is 0.114. The Kier molecular flexibility index (Phi) is 3.82. The second-order valence-corrected chi connectivity index (χ2v) is 6.11. The van der Waals surface area contributed by atoms with Crippen molar-refractivity contribution in [2.24, 2.45) is 0 Å². The van der Waals surface area contributed by atoms with E-state index in [0.29, 0.717) is 6.54 Å². The summed E-state index contributed by atoms with van der Waals surface area (Å²) < 4.78 is 11.2. The van der Waals surface area contributed by atoms with Crippen molar-refractivity contribution in [2.45, 2.75) is 63.9 Å². The lowest BCUT2D eigenvalue weighted by molar-refractivity contribution is -0.120. The third-order valence-corrected chi connectivity index (χ3v) is 3.42. The molecule has 1 saturated heterocycles. The first kappa shape index (κ1) is 13.6. The average molecular weight is 257 g/mol.